The number of ketones is 1. The molecule has 2 N–H and O–H groups in total. The van der Waals surface area contributed by atoms with Crippen molar-refractivity contribution < 1.29 is 14.4 Å². The van der Waals surface area contributed by atoms with Crippen molar-refractivity contribution in [2.24, 2.45) is 5.41 Å². The van der Waals surface area contributed by atoms with Crippen LogP contribution in [0, 0.1) is 5.41 Å². The van der Waals surface area contributed by atoms with Crippen molar-refractivity contribution in [1.29, 1.82) is 0 Å². The van der Waals surface area contributed by atoms with Gasteiger partial charge in [-0.25, -0.2) is 0 Å². The van der Waals surface area contributed by atoms with Gasteiger partial charge < -0.3 is 15.5 Å². The summed E-state index contributed by atoms with van der Waals surface area (Å²) >= 11 is 0. The van der Waals surface area contributed by atoms with E-state index in [-0.39, 0.29) is 17.6 Å². The van der Waals surface area contributed by atoms with Gasteiger partial charge >= 0.3 is 0 Å². The molecule has 0 radical (unpaired) electrons. The number of benzene rings is 2. The quantitative estimate of drug-likeness (QED) is 0.608. The van der Waals surface area contributed by atoms with Gasteiger partial charge in [0.05, 0.1) is 0 Å². The van der Waals surface area contributed by atoms with Crippen molar-refractivity contribution in [2.75, 3.05) is 29.6 Å². The van der Waals surface area contributed by atoms with Gasteiger partial charge in [0.25, 0.3) is 0 Å². The summed E-state index contributed by atoms with van der Waals surface area (Å²) in [5.41, 5.74) is 1.81. The summed E-state index contributed by atoms with van der Waals surface area (Å²) < 4.78 is 0. The van der Waals surface area contributed by atoms with Gasteiger partial charge in [-0.2, -0.15) is 0 Å². The Bertz CT molecular complexity index is 867. The molecule has 0 aromatic heterocycles. The third-order valence-electron chi connectivity index (χ3n) is 4.81. The molecular weight excluding hydrogens is 342 g/mol. The molecule has 0 atom stereocenters. The van der Waals surface area contributed by atoms with Crippen LogP contribution in [0.25, 0.3) is 0 Å². The molecule has 0 unspecified atom stereocenters. The van der Waals surface area contributed by atoms with E-state index in [1.165, 1.54) is 6.92 Å². The van der Waals surface area contributed by atoms with E-state index in [4.69, 9.17) is 0 Å². The summed E-state index contributed by atoms with van der Waals surface area (Å²) in [6, 6.07) is 14.1. The van der Waals surface area contributed by atoms with Gasteiger partial charge in [0, 0.05) is 36.7 Å². The van der Waals surface area contributed by atoms with Gasteiger partial charge in [-0.15, -0.1) is 0 Å². The average Bonchev–Trinajstić information content (AvgIpc) is 3.44. The first-order valence-corrected chi connectivity index (χ1v) is 8.83. The van der Waals surface area contributed by atoms with Gasteiger partial charge in [-0.1, -0.05) is 0 Å². The first-order chi connectivity index (χ1) is 12.8. The predicted molar refractivity (Wildman–Crippen MR) is 106 cm³/mol. The van der Waals surface area contributed by atoms with Crippen LogP contribution in [0.3, 0.4) is 0 Å². The summed E-state index contributed by atoms with van der Waals surface area (Å²) in [7, 11) is 3.89. The number of carbonyl (C=O) groups excluding carboxylic acids is 3. The first kappa shape index (κ1) is 18.6. The molecule has 27 heavy (non-hydrogen) atoms. The second kappa shape index (κ2) is 7.23. The van der Waals surface area contributed by atoms with E-state index in [1.807, 2.05) is 43.3 Å². The highest BCUT2D eigenvalue weighted by Gasteiger charge is 2.56. The number of amides is 2. The zero-order chi connectivity index (χ0) is 19.6. The molecule has 1 fully saturated rings. The number of Topliss-reactive ketones (excluding diaryl/α,β-unsaturated/α-hetero) is 1. The number of hydrogen-bond acceptors (Lipinski definition) is 4. The number of anilines is 3. The Morgan fingerprint density at radius 3 is 1.63 bits per heavy atom. The topological polar surface area (TPSA) is 78.5 Å². The van der Waals surface area contributed by atoms with Crippen molar-refractivity contribution in [3.05, 3.63) is 54.1 Å². The Morgan fingerprint density at radius 1 is 0.815 bits per heavy atom. The lowest BCUT2D eigenvalue weighted by atomic mass is 10.0. The number of carbonyl (C=O) groups is 3. The van der Waals surface area contributed by atoms with Crippen LogP contribution in [0.2, 0.25) is 0 Å². The second-order valence-electron chi connectivity index (χ2n) is 7.07. The molecule has 1 saturated carbocycles. The predicted octanol–water partition coefficient (Wildman–Crippen LogP) is 3.31. The van der Waals surface area contributed by atoms with Crippen LogP contribution >= 0.6 is 0 Å². The Kier molecular flexibility index (Phi) is 4.99. The third-order valence-corrected chi connectivity index (χ3v) is 4.81. The first-order valence-electron chi connectivity index (χ1n) is 8.83. The van der Waals surface area contributed by atoms with Gasteiger partial charge in [-0.3, -0.25) is 14.4 Å². The van der Waals surface area contributed by atoms with Crippen molar-refractivity contribution in [2.45, 2.75) is 19.8 Å². The minimum Gasteiger partial charge on any atom is -0.378 e. The zero-order valence-electron chi connectivity index (χ0n) is 15.7. The van der Waals surface area contributed by atoms with Crippen LogP contribution in [0.1, 0.15) is 30.1 Å². The molecule has 140 valence electrons. The Balaban J connectivity index is 1.65. The van der Waals surface area contributed by atoms with Gasteiger partial charge in [0.2, 0.25) is 11.8 Å². The van der Waals surface area contributed by atoms with Gasteiger partial charge in [0.1, 0.15) is 5.41 Å². The van der Waals surface area contributed by atoms with Gasteiger partial charge in [0.15, 0.2) is 5.78 Å². The van der Waals surface area contributed by atoms with E-state index in [0.29, 0.717) is 29.8 Å². The highest BCUT2D eigenvalue weighted by molar-refractivity contribution is 6.17. The average molecular weight is 365 g/mol. The smallest absolute Gasteiger partial charge is 0.240 e. The summed E-state index contributed by atoms with van der Waals surface area (Å²) in [5, 5.41) is 5.62. The Labute approximate surface area is 158 Å². The van der Waals surface area contributed by atoms with Crippen LogP contribution in [-0.2, 0) is 9.59 Å². The van der Waals surface area contributed by atoms with Crippen molar-refractivity contribution in [3.63, 3.8) is 0 Å². The number of nitrogens with zero attached hydrogens (tertiary/aromatic N) is 1. The van der Waals surface area contributed by atoms with Crippen molar-refractivity contribution in [3.8, 4) is 0 Å². The Hall–Kier alpha value is -3.15. The molecule has 0 aliphatic heterocycles. The molecule has 3 rings (SSSR count). The second-order valence-corrected chi connectivity index (χ2v) is 7.07. The monoisotopic (exact) mass is 365 g/mol. The van der Waals surface area contributed by atoms with Crippen molar-refractivity contribution in [1.82, 2.24) is 0 Å². The van der Waals surface area contributed by atoms with Crippen LogP contribution < -0.4 is 15.5 Å². The summed E-state index contributed by atoms with van der Waals surface area (Å²) in [4.78, 5) is 38.6. The molecule has 2 amide bonds. The molecule has 0 spiro atoms. The molecule has 2 aromatic carbocycles. The lowest BCUT2D eigenvalue weighted by molar-refractivity contribution is -0.131. The Morgan fingerprint density at radius 2 is 1.26 bits per heavy atom. The van der Waals surface area contributed by atoms with Crippen LogP contribution in [-0.4, -0.2) is 31.7 Å². The normalized spacial score (nSPS) is 14.2. The molecule has 1 aliphatic rings. The van der Waals surface area contributed by atoms with E-state index in [2.05, 4.69) is 10.6 Å². The maximum Gasteiger partial charge on any atom is 0.240 e. The highest BCUT2D eigenvalue weighted by Crippen LogP contribution is 2.47. The molecule has 6 heteroatoms. The molecule has 2 aromatic rings. The minimum atomic E-state index is -1.03. The van der Waals surface area contributed by atoms with E-state index >= 15 is 0 Å². The lowest BCUT2D eigenvalue weighted by Crippen LogP contribution is -2.35. The van der Waals surface area contributed by atoms with E-state index < -0.39 is 5.41 Å². The molecular formula is C21H23N3O3. The molecule has 0 heterocycles. The fourth-order valence-corrected chi connectivity index (χ4v) is 2.81. The minimum absolute atomic E-state index is 0.0359. The van der Waals surface area contributed by atoms with Crippen LogP contribution in [0.4, 0.5) is 17.1 Å². The summed E-state index contributed by atoms with van der Waals surface area (Å²) in [5.74, 6) is -0.648. The molecule has 6 nitrogen and oxygen atoms in total. The van der Waals surface area contributed by atoms with Gasteiger partial charge in [-0.05, 0) is 68.3 Å². The third kappa shape index (κ3) is 4.00. The number of nitrogens with one attached hydrogen (secondary N) is 2. The molecule has 0 saturated heterocycles. The summed E-state index contributed by atoms with van der Waals surface area (Å²) in [6.07, 6.45) is 1.04. The van der Waals surface area contributed by atoms with Crippen LogP contribution in [0.15, 0.2) is 48.5 Å². The largest absolute Gasteiger partial charge is 0.378 e. The van der Waals surface area contributed by atoms with E-state index in [0.717, 1.165) is 5.69 Å². The zero-order valence-corrected chi connectivity index (χ0v) is 15.7. The van der Waals surface area contributed by atoms with Crippen LogP contribution in [0.5, 0.6) is 0 Å². The highest BCUT2D eigenvalue weighted by atomic mass is 16.2. The molecule has 0 bridgehead atoms. The number of hydrogen-bond donors (Lipinski definition) is 2. The maximum absolute atomic E-state index is 12.7. The fraction of sp³-hybridized carbons (Fsp3) is 0.286. The number of rotatable bonds is 6. The van der Waals surface area contributed by atoms with Crippen molar-refractivity contribution >= 4 is 34.7 Å². The lowest BCUT2D eigenvalue weighted by Gasteiger charge is -2.17. The SMILES string of the molecule is CC(=O)c1ccc(NC(=O)C2(C(=O)Nc3ccc(N(C)C)cc3)CC2)cc1. The summed E-state index contributed by atoms with van der Waals surface area (Å²) in [6.45, 7) is 1.49. The van der Waals surface area contributed by atoms with E-state index in [9.17, 15) is 14.4 Å². The maximum atomic E-state index is 12.7. The fourth-order valence-electron chi connectivity index (χ4n) is 2.81. The molecule has 1 aliphatic carbocycles. The van der Waals surface area contributed by atoms with E-state index in [1.54, 1.807) is 24.3 Å². The standard InChI is InChI=1S/C21H23N3O3/c1-14(25)15-4-6-16(7-5-15)22-19(26)21(12-13-21)20(27)23-17-8-10-18(11-9-17)24(2)3/h4-11H,12-13H2,1-3H3,(H,22,26)(H,23,27).